The summed E-state index contributed by atoms with van der Waals surface area (Å²) in [6, 6.07) is 8.69. The lowest BCUT2D eigenvalue weighted by Gasteiger charge is -2.34. The molecule has 0 unspecified atom stereocenters. The summed E-state index contributed by atoms with van der Waals surface area (Å²) in [6.07, 6.45) is 0. The molecule has 1 saturated heterocycles. The van der Waals surface area contributed by atoms with E-state index in [1.165, 1.54) is 22.8 Å². The highest BCUT2D eigenvalue weighted by Gasteiger charge is 2.32. The van der Waals surface area contributed by atoms with Gasteiger partial charge in [-0.05, 0) is 30.3 Å². The van der Waals surface area contributed by atoms with Crippen molar-refractivity contribution in [2.45, 2.75) is 4.90 Å². The van der Waals surface area contributed by atoms with E-state index >= 15 is 0 Å². The van der Waals surface area contributed by atoms with E-state index in [0.717, 1.165) is 16.4 Å². The van der Waals surface area contributed by atoms with E-state index in [1.54, 1.807) is 39.5 Å². The molecule has 1 aromatic heterocycles. The van der Waals surface area contributed by atoms with Crippen molar-refractivity contribution in [1.82, 2.24) is 9.29 Å². The maximum Gasteiger partial charge on any atom is 0.246 e. The number of thiazole rings is 1. The molecule has 1 aliphatic rings. The molecule has 35 heavy (non-hydrogen) atoms. The largest absolute Gasteiger partial charge is 0.495 e. The van der Waals surface area contributed by atoms with Crippen LogP contribution in [0.25, 0.3) is 11.3 Å². The fraction of sp³-hybridized carbons (Fsp3) is 0.348. The highest BCUT2D eigenvalue weighted by molar-refractivity contribution is 9.10. The smallest absolute Gasteiger partial charge is 0.246 e. The minimum atomic E-state index is -3.70. The molecule has 4 rings (SSSR count). The van der Waals surface area contributed by atoms with Gasteiger partial charge in [0, 0.05) is 41.6 Å². The fourth-order valence-electron chi connectivity index (χ4n) is 3.88. The van der Waals surface area contributed by atoms with Crippen molar-refractivity contribution < 1.29 is 27.4 Å². The molecule has 0 N–H and O–H groups in total. The van der Waals surface area contributed by atoms with Gasteiger partial charge in [-0.3, -0.25) is 0 Å². The molecule has 0 saturated carbocycles. The van der Waals surface area contributed by atoms with Crippen molar-refractivity contribution in [3.8, 4) is 34.3 Å². The van der Waals surface area contributed by atoms with E-state index < -0.39 is 10.0 Å². The van der Waals surface area contributed by atoms with Crippen LogP contribution in [0, 0.1) is 0 Å². The minimum Gasteiger partial charge on any atom is -0.495 e. The van der Waals surface area contributed by atoms with E-state index in [9.17, 15) is 8.42 Å². The number of aromatic nitrogens is 1. The zero-order valence-electron chi connectivity index (χ0n) is 19.8. The third-order valence-electron chi connectivity index (χ3n) is 5.71. The Morgan fingerprint density at radius 1 is 0.886 bits per heavy atom. The number of ether oxygens (including phenoxy) is 4. The lowest BCUT2D eigenvalue weighted by molar-refractivity contribution is 0.324. The first-order chi connectivity index (χ1) is 16.8. The number of benzene rings is 2. The second-order valence-corrected chi connectivity index (χ2v) is 11.3. The summed E-state index contributed by atoms with van der Waals surface area (Å²) in [4.78, 5) is 7.04. The van der Waals surface area contributed by atoms with Crippen LogP contribution in [0.4, 0.5) is 5.13 Å². The molecule has 12 heteroatoms. The standard InChI is InChI=1S/C23H26BrN3O6S2/c1-30-18-6-5-16(24)13-21(18)35(28,29)27-9-7-26(8-10-27)23-25-17(14-34-23)15-11-19(31-2)22(33-4)20(12-15)32-3/h5-6,11-14H,7-10H2,1-4H3. The molecular formula is C23H26BrN3O6S2. The average Bonchev–Trinajstić information content (AvgIpc) is 3.38. The predicted octanol–water partition coefficient (Wildman–Crippen LogP) is 4.12. The van der Waals surface area contributed by atoms with Gasteiger partial charge in [0.05, 0.1) is 34.1 Å². The number of hydrogen-bond donors (Lipinski definition) is 0. The Kier molecular flexibility index (Phi) is 7.74. The molecule has 0 aliphatic carbocycles. The minimum absolute atomic E-state index is 0.154. The third-order valence-corrected chi connectivity index (χ3v) is 9.02. The van der Waals surface area contributed by atoms with Gasteiger partial charge in [0.1, 0.15) is 10.6 Å². The molecule has 0 spiro atoms. The summed E-state index contributed by atoms with van der Waals surface area (Å²) in [5, 5.41) is 2.79. The van der Waals surface area contributed by atoms with Crippen LogP contribution in [0.5, 0.6) is 23.0 Å². The van der Waals surface area contributed by atoms with Gasteiger partial charge in [0.2, 0.25) is 15.8 Å². The first kappa shape index (κ1) is 25.5. The molecule has 1 aliphatic heterocycles. The first-order valence-corrected chi connectivity index (χ1v) is 13.8. The lowest BCUT2D eigenvalue weighted by Crippen LogP contribution is -2.48. The third kappa shape index (κ3) is 5.06. The van der Waals surface area contributed by atoms with Gasteiger partial charge in [-0.15, -0.1) is 11.3 Å². The van der Waals surface area contributed by atoms with Gasteiger partial charge in [-0.2, -0.15) is 4.31 Å². The highest BCUT2D eigenvalue weighted by Crippen LogP contribution is 2.42. The van der Waals surface area contributed by atoms with Crippen molar-refractivity contribution >= 4 is 42.4 Å². The number of nitrogens with zero attached hydrogens (tertiary/aromatic N) is 3. The number of halogens is 1. The van der Waals surface area contributed by atoms with E-state index in [0.29, 0.717) is 53.6 Å². The fourth-order valence-corrected chi connectivity index (χ4v) is 6.89. The van der Waals surface area contributed by atoms with Crippen molar-refractivity contribution in [1.29, 1.82) is 0 Å². The van der Waals surface area contributed by atoms with Crippen molar-refractivity contribution in [3.63, 3.8) is 0 Å². The summed E-state index contributed by atoms with van der Waals surface area (Å²) in [5.74, 6) is 1.95. The van der Waals surface area contributed by atoms with Crippen LogP contribution in [-0.2, 0) is 10.0 Å². The molecule has 0 amide bonds. The second kappa shape index (κ2) is 10.6. The molecule has 2 heterocycles. The lowest BCUT2D eigenvalue weighted by atomic mass is 10.1. The monoisotopic (exact) mass is 583 g/mol. The summed E-state index contributed by atoms with van der Waals surface area (Å²) >= 11 is 4.86. The number of methoxy groups -OCH3 is 4. The highest BCUT2D eigenvalue weighted by atomic mass is 79.9. The van der Waals surface area contributed by atoms with Crippen LogP contribution in [-0.4, -0.2) is 72.3 Å². The number of hydrogen-bond acceptors (Lipinski definition) is 9. The maximum absolute atomic E-state index is 13.3. The molecule has 3 aromatic rings. The Hall–Kier alpha value is -2.54. The van der Waals surface area contributed by atoms with Crippen LogP contribution >= 0.6 is 27.3 Å². The summed E-state index contributed by atoms with van der Waals surface area (Å²) in [5.41, 5.74) is 1.61. The number of sulfonamides is 1. The zero-order valence-corrected chi connectivity index (χ0v) is 23.0. The molecule has 9 nitrogen and oxygen atoms in total. The number of anilines is 1. The SMILES string of the molecule is COc1ccc(Br)cc1S(=O)(=O)N1CCN(c2nc(-c3cc(OC)c(OC)c(OC)c3)cs2)CC1. The van der Waals surface area contributed by atoms with Crippen molar-refractivity contribution in [2.75, 3.05) is 59.5 Å². The van der Waals surface area contributed by atoms with Gasteiger partial charge in [0.25, 0.3) is 0 Å². The maximum atomic E-state index is 13.3. The van der Waals surface area contributed by atoms with E-state index in [-0.39, 0.29) is 4.90 Å². The van der Waals surface area contributed by atoms with Crippen LogP contribution in [0.15, 0.2) is 45.1 Å². The van der Waals surface area contributed by atoms with Crippen LogP contribution in [0.3, 0.4) is 0 Å². The van der Waals surface area contributed by atoms with Crippen molar-refractivity contribution in [2.24, 2.45) is 0 Å². The van der Waals surface area contributed by atoms with E-state index in [4.69, 9.17) is 23.9 Å². The van der Waals surface area contributed by atoms with E-state index in [1.807, 2.05) is 17.5 Å². The first-order valence-electron chi connectivity index (χ1n) is 10.7. The molecule has 0 radical (unpaired) electrons. The van der Waals surface area contributed by atoms with Crippen LogP contribution in [0.1, 0.15) is 0 Å². The molecule has 1 fully saturated rings. The van der Waals surface area contributed by atoms with Crippen LogP contribution < -0.4 is 23.8 Å². The molecule has 2 aromatic carbocycles. The molecule has 0 atom stereocenters. The summed E-state index contributed by atoms with van der Waals surface area (Å²) in [6.45, 7) is 1.74. The van der Waals surface area contributed by atoms with Gasteiger partial charge in [-0.25, -0.2) is 13.4 Å². The summed E-state index contributed by atoms with van der Waals surface area (Å²) < 4.78 is 50.3. The van der Waals surface area contributed by atoms with Crippen molar-refractivity contribution in [3.05, 3.63) is 40.2 Å². The predicted molar refractivity (Wildman–Crippen MR) is 139 cm³/mol. The Morgan fingerprint density at radius 3 is 2.09 bits per heavy atom. The number of rotatable bonds is 8. The molecular weight excluding hydrogens is 558 g/mol. The average molecular weight is 585 g/mol. The quantitative estimate of drug-likeness (QED) is 0.391. The van der Waals surface area contributed by atoms with Gasteiger partial charge >= 0.3 is 0 Å². The Labute approximate surface area is 217 Å². The summed E-state index contributed by atoms with van der Waals surface area (Å²) in [7, 11) is 2.48. The Morgan fingerprint density at radius 2 is 1.51 bits per heavy atom. The zero-order chi connectivity index (χ0) is 25.2. The molecule has 0 bridgehead atoms. The topological polar surface area (TPSA) is 90.4 Å². The Balaban J connectivity index is 1.51. The molecule has 188 valence electrons. The van der Waals surface area contributed by atoms with E-state index in [2.05, 4.69) is 20.8 Å². The van der Waals surface area contributed by atoms with Gasteiger partial charge in [0.15, 0.2) is 16.6 Å². The normalized spacial score (nSPS) is 14.6. The van der Waals surface area contributed by atoms with Gasteiger partial charge < -0.3 is 23.8 Å². The Bertz CT molecular complexity index is 1280. The number of piperazine rings is 1. The van der Waals surface area contributed by atoms with Crippen LogP contribution in [0.2, 0.25) is 0 Å². The second-order valence-electron chi connectivity index (χ2n) is 7.62. The van der Waals surface area contributed by atoms with Gasteiger partial charge in [-0.1, -0.05) is 15.9 Å².